The molecular weight excluding hydrogens is 318 g/mol. The molecule has 6 nitrogen and oxygen atoms in total. The van der Waals surface area contributed by atoms with E-state index in [2.05, 4.69) is 10.1 Å². The zero-order chi connectivity index (χ0) is 18.0. The minimum Gasteiger partial charge on any atom is -0.452 e. The van der Waals surface area contributed by atoms with Crippen LogP contribution >= 0.6 is 0 Å². The lowest BCUT2D eigenvalue weighted by atomic mass is 10.1. The Morgan fingerprint density at radius 1 is 1.08 bits per heavy atom. The van der Waals surface area contributed by atoms with Gasteiger partial charge in [0.1, 0.15) is 0 Å². The van der Waals surface area contributed by atoms with Crippen molar-refractivity contribution in [1.29, 1.82) is 0 Å². The summed E-state index contributed by atoms with van der Waals surface area (Å²) in [4.78, 5) is 25.5. The molecule has 0 saturated carbocycles. The molecule has 0 aliphatic carbocycles. The summed E-state index contributed by atoms with van der Waals surface area (Å²) in [5.41, 5.74) is 2.95. The number of methoxy groups -OCH3 is 1. The van der Waals surface area contributed by atoms with E-state index in [0.29, 0.717) is 16.9 Å². The third-order valence-electron chi connectivity index (χ3n) is 4.10. The van der Waals surface area contributed by atoms with Gasteiger partial charge in [-0.2, -0.15) is 0 Å². The van der Waals surface area contributed by atoms with E-state index in [9.17, 15) is 9.59 Å². The van der Waals surface area contributed by atoms with Crippen LogP contribution < -0.4 is 10.2 Å². The van der Waals surface area contributed by atoms with Crippen LogP contribution in [0.5, 0.6) is 0 Å². The van der Waals surface area contributed by atoms with E-state index in [1.54, 1.807) is 31.3 Å². The Labute approximate surface area is 145 Å². The van der Waals surface area contributed by atoms with E-state index in [1.165, 1.54) is 12.0 Å². The molecule has 0 spiro atoms. The molecule has 1 N–H and O–H groups in total. The maximum Gasteiger partial charge on any atom is 0.413 e. The highest BCUT2D eigenvalue weighted by molar-refractivity contribution is 6.13. The van der Waals surface area contributed by atoms with Crippen LogP contribution in [0, 0.1) is 0 Å². The molecule has 2 aromatic carbocycles. The number of nitrogens with one attached hydrogen (secondary N) is 1. The first kappa shape index (κ1) is 16.6. The van der Waals surface area contributed by atoms with Crippen molar-refractivity contribution in [2.24, 2.45) is 7.05 Å². The molecule has 0 fully saturated rings. The molecule has 25 heavy (non-hydrogen) atoms. The highest BCUT2D eigenvalue weighted by atomic mass is 16.5. The predicted molar refractivity (Wildman–Crippen MR) is 98.1 cm³/mol. The number of nitrogens with zero attached hydrogens (tertiary/aromatic N) is 2. The number of hydrogen-bond acceptors (Lipinski definition) is 3. The highest BCUT2D eigenvalue weighted by Gasteiger charge is 2.14. The Kier molecular flexibility index (Phi) is 4.43. The van der Waals surface area contributed by atoms with Crippen LogP contribution in [0.2, 0.25) is 0 Å². The van der Waals surface area contributed by atoms with Crippen molar-refractivity contribution in [2.75, 3.05) is 24.4 Å². The van der Waals surface area contributed by atoms with Crippen molar-refractivity contribution < 1.29 is 14.3 Å². The van der Waals surface area contributed by atoms with Crippen LogP contribution in [0.4, 0.5) is 16.2 Å². The smallest absolute Gasteiger partial charge is 0.413 e. The number of benzene rings is 2. The Bertz CT molecular complexity index is 929. The highest BCUT2D eigenvalue weighted by Crippen LogP contribution is 2.22. The molecule has 0 aliphatic rings. The lowest BCUT2D eigenvalue weighted by Crippen LogP contribution is -2.25. The van der Waals surface area contributed by atoms with Gasteiger partial charge < -0.3 is 14.6 Å². The van der Waals surface area contributed by atoms with E-state index in [4.69, 9.17) is 0 Å². The van der Waals surface area contributed by atoms with Crippen LogP contribution in [0.25, 0.3) is 10.9 Å². The number of carbonyl (C=O) groups excluding carboxylic acids is 2. The summed E-state index contributed by atoms with van der Waals surface area (Å²) in [5.74, 6) is -0.175. The maximum atomic E-state index is 12.6. The summed E-state index contributed by atoms with van der Waals surface area (Å²) in [5, 5.41) is 3.79. The van der Waals surface area contributed by atoms with Crippen molar-refractivity contribution >= 4 is 34.3 Å². The molecular formula is C19H19N3O3. The van der Waals surface area contributed by atoms with Gasteiger partial charge in [-0.1, -0.05) is 18.2 Å². The predicted octanol–water partition coefficient (Wildman–Crippen LogP) is 3.63. The number of carbonyl (C=O) groups is 2. The van der Waals surface area contributed by atoms with Gasteiger partial charge in [0, 0.05) is 42.6 Å². The minimum atomic E-state index is -0.451. The zero-order valence-electron chi connectivity index (χ0n) is 14.3. The molecule has 0 aliphatic heterocycles. The Morgan fingerprint density at radius 3 is 2.44 bits per heavy atom. The molecule has 0 saturated heterocycles. The van der Waals surface area contributed by atoms with Crippen molar-refractivity contribution in [1.82, 2.24) is 4.57 Å². The van der Waals surface area contributed by atoms with Gasteiger partial charge in [-0.3, -0.25) is 9.69 Å². The lowest BCUT2D eigenvalue weighted by Gasteiger charge is -2.15. The number of amides is 2. The zero-order valence-corrected chi connectivity index (χ0v) is 14.3. The summed E-state index contributed by atoms with van der Waals surface area (Å²) < 4.78 is 6.61. The van der Waals surface area contributed by atoms with Crippen LogP contribution in [-0.2, 0) is 11.8 Å². The minimum absolute atomic E-state index is 0.175. The van der Waals surface area contributed by atoms with Gasteiger partial charge in [-0.25, -0.2) is 4.79 Å². The molecule has 6 heteroatoms. The number of fused-ring (bicyclic) bond motifs is 1. The number of ether oxygens (including phenoxy) is 1. The fourth-order valence-electron chi connectivity index (χ4n) is 2.73. The Balaban J connectivity index is 1.80. The molecule has 2 amide bonds. The topological polar surface area (TPSA) is 63.6 Å². The summed E-state index contributed by atoms with van der Waals surface area (Å²) in [6.45, 7) is 0. The average Bonchev–Trinajstić information content (AvgIpc) is 2.98. The summed E-state index contributed by atoms with van der Waals surface area (Å²) in [7, 11) is 4.86. The van der Waals surface area contributed by atoms with E-state index in [0.717, 1.165) is 10.9 Å². The van der Waals surface area contributed by atoms with Crippen LogP contribution in [0.15, 0.2) is 54.7 Å². The number of rotatable bonds is 3. The van der Waals surface area contributed by atoms with Gasteiger partial charge in [-0.05, 0) is 30.3 Å². The first-order valence-electron chi connectivity index (χ1n) is 7.78. The van der Waals surface area contributed by atoms with Gasteiger partial charge in [-0.15, -0.1) is 0 Å². The summed E-state index contributed by atoms with van der Waals surface area (Å²) in [6, 6.07) is 14.8. The van der Waals surface area contributed by atoms with Crippen LogP contribution in [-0.4, -0.2) is 30.7 Å². The maximum absolute atomic E-state index is 12.6. The second kappa shape index (κ2) is 6.68. The van der Waals surface area contributed by atoms with Crippen molar-refractivity contribution in [3.63, 3.8) is 0 Å². The van der Waals surface area contributed by atoms with E-state index in [-0.39, 0.29) is 5.91 Å². The molecule has 0 bridgehead atoms. The number of hydrogen-bond donors (Lipinski definition) is 1. The second-order valence-electron chi connectivity index (χ2n) is 5.70. The number of aryl methyl sites for hydroxylation is 1. The molecule has 3 aromatic rings. The first-order valence-corrected chi connectivity index (χ1v) is 7.78. The summed E-state index contributed by atoms with van der Waals surface area (Å²) in [6.07, 6.45) is 1.37. The van der Waals surface area contributed by atoms with E-state index >= 15 is 0 Å². The normalized spacial score (nSPS) is 10.5. The number of anilines is 2. The standard InChI is InChI=1S/C19H19N3O3/c1-21-12-16(15-6-4-5-7-17(15)21)18(23)20-13-8-10-14(11-9-13)22(2)19(24)25-3/h4-12H,1-3H3,(H,20,23). The number of para-hydroxylation sites is 1. The average molecular weight is 337 g/mol. The van der Waals surface area contributed by atoms with E-state index in [1.807, 2.05) is 42.1 Å². The van der Waals surface area contributed by atoms with Crippen LogP contribution in [0.3, 0.4) is 0 Å². The second-order valence-corrected chi connectivity index (χ2v) is 5.70. The first-order chi connectivity index (χ1) is 12.0. The van der Waals surface area contributed by atoms with Crippen molar-refractivity contribution in [3.05, 3.63) is 60.3 Å². The van der Waals surface area contributed by atoms with E-state index < -0.39 is 6.09 Å². The van der Waals surface area contributed by atoms with Gasteiger partial charge >= 0.3 is 6.09 Å². The van der Waals surface area contributed by atoms with Gasteiger partial charge in [0.15, 0.2) is 0 Å². The van der Waals surface area contributed by atoms with Gasteiger partial charge in [0.2, 0.25) is 0 Å². The largest absolute Gasteiger partial charge is 0.452 e. The number of aromatic nitrogens is 1. The third-order valence-corrected chi connectivity index (χ3v) is 4.10. The molecule has 3 rings (SSSR count). The quantitative estimate of drug-likeness (QED) is 0.794. The third kappa shape index (κ3) is 3.19. The molecule has 0 radical (unpaired) electrons. The SMILES string of the molecule is COC(=O)N(C)c1ccc(NC(=O)c2cn(C)c3ccccc23)cc1. The van der Waals surface area contributed by atoms with Crippen LogP contribution in [0.1, 0.15) is 10.4 Å². The Morgan fingerprint density at radius 2 is 1.76 bits per heavy atom. The van der Waals surface area contributed by atoms with Crippen molar-refractivity contribution in [2.45, 2.75) is 0 Å². The molecule has 1 heterocycles. The fourth-order valence-corrected chi connectivity index (χ4v) is 2.73. The fraction of sp³-hybridized carbons (Fsp3) is 0.158. The molecule has 128 valence electrons. The monoisotopic (exact) mass is 337 g/mol. The molecule has 0 unspecified atom stereocenters. The Hall–Kier alpha value is -3.28. The molecule has 1 aromatic heterocycles. The van der Waals surface area contributed by atoms with Crippen molar-refractivity contribution in [3.8, 4) is 0 Å². The van der Waals surface area contributed by atoms with Gasteiger partial charge in [0.25, 0.3) is 5.91 Å². The van der Waals surface area contributed by atoms with Gasteiger partial charge in [0.05, 0.1) is 12.7 Å². The summed E-state index contributed by atoms with van der Waals surface area (Å²) >= 11 is 0. The molecule has 0 atom stereocenters. The lowest BCUT2D eigenvalue weighted by molar-refractivity contribution is 0.102.